The zero-order chi connectivity index (χ0) is 11.1. The Morgan fingerprint density at radius 2 is 2.44 bits per heavy atom. The quantitative estimate of drug-likeness (QED) is 0.800. The average molecular weight is 237 g/mol. The van der Waals surface area contributed by atoms with Crippen molar-refractivity contribution >= 4 is 11.3 Å². The van der Waals surface area contributed by atoms with Crippen LogP contribution in [0.5, 0.6) is 0 Å². The third kappa shape index (κ3) is 1.70. The van der Waals surface area contributed by atoms with Gasteiger partial charge in [-0.1, -0.05) is 13.8 Å². The van der Waals surface area contributed by atoms with Crippen LogP contribution in [0.2, 0.25) is 0 Å². The lowest BCUT2D eigenvalue weighted by atomic mass is 9.90. The first-order valence-corrected chi connectivity index (χ1v) is 7.26. The smallest absolute Gasteiger partial charge is 0.0986 e. The molecule has 1 aromatic rings. The molecule has 1 aromatic heterocycles. The highest BCUT2D eigenvalue weighted by atomic mass is 32.1. The minimum Gasteiger partial charge on any atom is -0.374 e. The predicted octanol–water partition coefficient (Wildman–Crippen LogP) is 3.69. The molecule has 4 unspecified atom stereocenters. The molecule has 2 fully saturated rings. The number of hydrogen-bond donors (Lipinski definition) is 0. The fraction of sp³-hybridized carbons (Fsp3) is 0.769. The summed E-state index contributed by atoms with van der Waals surface area (Å²) >= 11 is 1.84. The van der Waals surface area contributed by atoms with E-state index in [9.17, 15) is 0 Å². The third-order valence-corrected chi connectivity index (χ3v) is 5.08. The van der Waals surface area contributed by atoms with E-state index in [2.05, 4.69) is 19.2 Å². The van der Waals surface area contributed by atoms with Crippen LogP contribution in [0.1, 0.15) is 62.1 Å². The molecular formula is C13H19NOS. The Kier molecular flexibility index (Phi) is 2.76. The van der Waals surface area contributed by atoms with E-state index in [1.165, 1.54) is 36.4 Å². The van der Waals surface area contributed by atoms with Crippen molar-refractivity contribution in [3.63, 3.8) is 0 Å². The average Bonchev–Trinajstić information content (AvgIpc) is 3.02. The van der Waals surface area contributed by atoms with Crippen LogP contribution in [-0.4, -0.2) is 17.2 Å². The highest BCUT2D eigenvalue weighted by molar-refractivity contribution is 7.09. The monoisotopic (exact) mass is 237 g/mol. The number of nitrogens with zero attached hydrogens (tertiary/aromatic N) is 1. The fourth-order valence-corrected chi connectivity index (χ4v) is 3.91. The molecule has 3 heterocycles. The van der Waals surface area contributed by atoms with E-state index in [1.54, 1.807) is 0 Å². The molecule has 0 saturated carbocycles. The van der Waals surface area contributed by atoms with Crippen LogP contribution in [0.15, 0.2) is 5.38 Å². The summed E-state index contributed by atoms with van der Waals surface area (Å²) < 4.78 is 5.90. The normalized spacial score (nSPS) is 34.5. The van der Waals surface area contributed by atoms with Crippen LogP contribution in [0, 0.1) is 0 Å². The lowest BCUT2D eigenvalue weighted by Crippen LogP contribution is -2.14. The van der Waals surface area contributed by atoms with Crippen LogP contribution >= 0.6 is 11.3 Å². The molecule has 0 aliphatic carbocycles. The Morgan fingerprint density at radius 1 is 1.56 bits per heavy atom. The van der Waals surface area contributed by atoms with Crippen LogP contribution in [0.25, 0.3) is 0 Å². The molecular weight excluding hydrogens is 218 g/mol. The van der Waals surface area contributed by atoms with Crippen LogP contribution in [0.4, 0.5) is 0 Å². The Labute approximate surface area is 101 Å². The SMILES string of the molecule is CCC(C)c1csc(C2CC3CCC2O3)n1. The van der Waals surface area contributed by atoms with Crippen molar-refractivity contribution in [1.29, 1.82) is 0 Å². The van der Waals surface area contributed by atoms with Gasteiger partial charge < -0.3 is 4.74 Å². The lowest BCUT2D eigenvalue weighted by Gasteiger charge is -2.15. The van der Waals surface area contributed by atoms with Gasteiger partial charge in [-0.05, 0) is 31.6 Å². The molecule has 2 aliphatic heterocycles. The largest absolute Gasteiger partial charge is 0.374 e. The van der Waals surface area contributed by atoms with Gasteiger partial charge in [-0.3, -0.25) is 0 Å². The molecule has 0 spiro atoms. The minimum atomic E-state index is 0.473. The maximum atomic E-state index is 5.90. The van der Waals surface area contributed by atoms with E-state index < -0.39 is 0 Å². The van der Waals surface area contributed by atoms with Crippen LogP contribution < -0.4 is 0 Å². The molecule has 3 rings (SSSR count). The maximum absolute atomic E-state index is 5.90. The summed E-state index contributed by atoms with van der Waals surface area (Å²) in [6.45, 7) is 4.49. The summed E-state index contributed by atoms with van der Waals surface area (Å²) in [6, 6.07) is 0. The summed E-state index contributed by atoms with van der Waals surface area (Å²) in [7, 11) is 0. The predicted molar refractivity (Wildman–Crippen MR) is 66.1 cm³/mol. The number of thiazole rings is 1. The molecule has 0 amide bonds. The number of hydrogen-bond acceptors (Lipinski definition) is 3. The molecule has 88 valence electrons. The number of rotatable bonds is 3. The number of aromatic nitrogens is 1. The molecule has 4 atom stereocenters. The first-order chi connectivity index (χ1) is 7.78. The van der Waals surface area contributed by atoms with Crippen LogP contribution in [0.3, 0.4) is 0 Å². The first-order valence-electron chi connectivity index (χ1n) is 6.38. The highest BCUT2D eigenvalue weighted by Gasteiger charge is 2.42. The van der Waals surface area contributed by atoms with Crippen molar-refractivity contribution in [1.82, 2.24) is 4.98 Å². The molecule has 2 bridgehead atoms. The van der Waals surface area contributed by atoms with Crippen molar-refractivity contribution < 1.29 is 4.74 Å². The van der Waals surface area contributed by atoms with Gasteiger partial charge in [0, 0.05) is 11.3 Å². The van der Waals surface area contributed by atoms with E-state index in [4.69, 9.17) is 9.72 Å². The topological polar surface area (TPSA) is 22.1 Å². The lowest BCUT2D eigenvalue weighted by molar-refractivity contribution is 0.100. The van der Waals surface area contributed by atoms with Gasteiger partial charge in [-0.2, -0.15) is 0 Å². The van der Waals surface area contributed by atoms with Gasteiger partial charge >= 0.3 is 0 Å². The van der Waals surface area contributed by atoms with Gasteiger partial charge in [0.05, 0.1) is 22.9 Å². The summed E-state index contributed by atoms with van der Waals surface area (Å²) in [5.41, 5.74) is 1.28. The second-order valence-electron chi connectivity index (χ2n) is 5.14. The zero-order valence-corrected chi connectivity index (χ0v) is 10.8. The fourth-order valence-electron chi connectivity index (χ4n) is 2.80. The second-order valence-corrected chi connectivity index (χ2v) is 6.03. The van der Waals surface area contributed by atoms with E-state index >= 15 is 0 Å². The van der Waals surface area contributed by atoms with E-state index in [-0.39, 0.29) is 0 Å². The van der Waals surface area contributed by atoms with Gasteiger partial charge in [0.1, 0.15) is 0 Å². The van der Waals surface area contributed by atoms with Gasteiger partial charge in [0.2, 0.25) is 0 Å². The molecule has 2 nitrogen and oxygen atoms in total. The summed E-state index contributed by atoms with van der Waals surface area (Å²) in [5, 5.41) is 3.57. The van der Waals surface area contributed by atoms with Crippen molar-refractivity contribution in [3.8, 4) is 0 Å². The first kappa shape index (κ1) is 10.7. The third-order valence-electron chi connectivity index (χ3n) is 4.08. The van der Waals surface area contributed by atoms with Crippen molar-refractivity contribution in [3.05, 3.63) is 16.1 Å². The molecule has 0 radical (unpaired) electrons. The van der Waals surface area contributed by atoms with Gasteiger partial charge in [-0.15, -0.1) is 11.3 Å². The van der Waals surface area contributed by atoms with Crippen LogP contribution in [-0.2, 0) is 4.74 Å². The number of fused-ring (bicyclic) bond motifs is 2. The van der Waals surface area contributed by atoms with Gasteiger partial charge in [0.15, 0.2) is 0 Å². The van der Waals surface area contributed by atoms with Gasteiger partial charge in [-0.25, -0.2) is 4.98 Å². The van der Waals surface area contributed by atoms with Crippen molar-refractivity contribution in [2.75, 3.05) is 0 Å². The minimum absolute atomic E-state index is 0.473. The standard InChI is InChI=1S/C13H19NOS/c1-3-8(2)11-7-16-13(14-11)10-6-9-4-5-12(10)15-9/h7-10,12H,3-6H2,1-2H3. The van der Waals surface area contributed by atoms with Crippen molar-refractivity contribution in [2.45, 2.75) is 63.6 Å². The van der Waals surface area contributed by atoms with E-state index in [1.807, 2.05) is 11.3 Å². The van der Waals surface area contributed by atoms with E-state index in [0.717, 1.165) is 0 Å². The Balaban J connectivity index is 1.77. The van der Waals surface area contributed by atoms with Crippen molar-refractivity contribution in [2.24, 2.45) is 0 Å². The van der Waals surface area contributed by atoms with E-state index in [0.29, 0.717) is 24.0 Å². The molecule has 3 heteroatoms. The zero-order valence-electron chi connectivity index (χ0n) is 9.98. The molecule has 0 N–H and O–H groups in total. The molecule has 0 aromatic carbocycles. The Hall–Kier alpha value is -0.410. The number of ether oxygens (including phenoxy) is 1. The summed E-state index contributed by atoms with van der Waals surface area (Å²) in [4.78, 5) is 4.82. The molecule has 2 aliphatic rings. The Morgan fingerprint density at radius 3 is 3.06 bits per heavy atom. The molecule has 2 saturated heterocycles. The summed E-state index contributed by atoms with van der Waals surface area (Å²) in [6.07, 6.45) is 5.90. The second kappa shape index (κ2) is 4.11. The maximum Gasteiger partial charge on any atom is 0.0986 e. The highest BCUT2D eigenvalue weighted by Crippen LogP contribution is 2.45. The Bertz CT molecular complexity index is 376. The van der Waals surface area contributed by atoms with Gasteiger partial charge in [0.25, 0.3) is 0 Å². The molecule has 16 heavy (non-hydrogen) atoms. The summed E-state index contributed by atoms with van der Waals surface area (Å²) in [5.74, 6) is 1.20.